The summed E-state index contributed by atoms with van der Waals surface area (Å²) < 4.78 is 1.70. The van der Waals surface area contributed by atoms with E-state index in [1.54, 1.807) is 16.9 Å². The van der Waals surface area contributed by atoms with E-state index >= 15 is 0 Å². The fraction of sp³-hybridized carbons (Fsp3) is 0.143. The number of hydrogen-bond acceptors (Lipinski definition) is 4. The molecule has 1 N–H and O–H groups in total. The first-order valence-electron chi connectivity index (χ1n) is 6.27. The summed E-state index contributed by atoms with van der Waals surface area (Å²) >= 11 is 5.85. The van der Waals surface area contributed by atoms with Crippen molar-refractivity contribution in [1.82, 2.24) is 19.7 Å². The topological polar surface area (TPSA) is 72.7 Å². The number of fused-ring (bicyclic) bond motifs is 1. The number of nitrogens with one attached hydrogen (secondary N) is 1. The van der Waals surface area contributed by atoms with Crippen molar-refractivity contribution in [2.75, 3.05) is 5.32 Å². The molecule has 0 saturated heterocycles. The maximum Gasteiger partial charge on any atom is 0.274 e. The van der Waals surface area contributed by atoms with E-state index in [9.17, 15) is 4.79 Å². The minimum atomic E-state index is -0.333. The molecule has 1 amide bonds. The standard InChI is InChI=1S/C14H12ClN5O/c1-8-11-6-10(7-17-13(11)20(2)19-8)18-14(21)12-5-9(15)3-4-16-12/h3-7H,1-2H3,(H,18,21). The number of carbonyl (C=O) groups excluding carboxylic acids is 1. The highest BCUT2D eigenvalue weighted by atomic mass is 35.5. The molecule has 3 rings (SSSR count). The Balaban J connectivity index is 1.91. The second-order valence-corrected chi connectivity index (χ2v) is 5.05. The fourth-order valence-corrected chi connectivity index (χ4v) is 2.26. The van der Waals surface area contributed by atoms with Gasteiger partial charge in [-0.05, 0) is 25.1 Å². The van der Waals surface area contributed by atoms with Crippen LogP contribution in [0.1, 0.15) is 16.2 Å². The molecule has 0 fully saturated rings. The van der Waals surface area contributed by atoms with E-state index in [2.05, 4.69) is 20.4 Å². The molecular weight excluding hydrogens is 290 g/mol. The van der Waals surface area contributed by atoms with Crippen LogP contribution < -0.4 is 5.32 Å². The molecule has 0 aromatic carbocycles. The van der Waals surface area contributed by atoms with Crippen LogP contribution in [0.4, 0.5) is 5.69 Å². The maximum atomic E-state index is 12.1. The zero-order valence-corrected chi connectivity index (χ0v) is 12.2. The summed E-state index contributed by atoms with van der Waals surface area (Å²) in [4.78, 5) is 20.4. The van der Waals surface area contributed by atoms with Crippen molar-refractivity contribution in [2.24, 2.45) is 7.05 Å². The Morgan fingerprint density at radius 1 is 1.33 bits per heavy atom. The summed E-state index contributed by atoms with van der Waals surface area (Å²) in [5.74, 6) is -0.333. The molecule has 0 spiro atoms. The average Bonchev–Trinajstić information content (AvgIpc) is 2.74. The van der Waals surface area contributed by atoms with Gasteiger partial charge in [-0.25, -0.2) is 4.98 Å². The smallest absolute Gasteiger partial charge is 0.274 e. The summed E-state index contributed by atoms with van der Waals surface area (Å²) in [5.41, 5.74) is 2.47. The molecule has 0 atom stereocenters. The largest absolute Gasteiger partial charge is 0.319 e. The molecule has 0 bridgehead atoms. The van der Waals surface area contributed by atoms with E-state index in [1.165, 1.54) is 12.3 Å². The van der Waals surface area contributed by atoms with Crippen LogP contribution in [-0.2, 0) is 7.05 Å². The Morgan fingerprint density at radius 3 is 2.90 bits per heavy atom. The third-order valence-electron chi connectivity index (χ3n) is 3.08. The summed E-state index contributed by atoms with van der Waals surface area (Å²) in [5, 5.41) is 8.41. The predicted octanol–water partition coefficient (Wildman–Crippen LogP) is 2.58. The van der Waals surface area contributed by atoms with Gasteiger partial charge in [-0.15, -0.1) is 0 Å². The van der Waals surface area contributed by atoms with Crippen molar-refractivity contribution >= 4 is 34.2 Å². The van der Waals surface area contributed by atoms with Crippen molar-refractivity contribution in [3.63, 3.8) is 0 Å². The van der Waals surface area contributed by atoms with E-state index in [1.807, 2.05) is 20.0 Å². The van der Waals surface area contributed by atoms with Crippen molar-refractivity contribution < 1.29 is 4.79 Å². The number of rotatable bonds is 2. The predicted molar refractivity (Wildman–Crippen MR) is 80.4 cm³/mol. The minimum Gasteiger partial charge on any atom is -0.319 e. The van der Waals surface area contributed by atoms with Crippen molar-refractivity contribution in [1.29, 1.82) is 0 Å². The first kappa shape index (κ1) is 13.5. The molecule has 3 aromatic heterocycles. The van der Waals surface area contributed by atoms with Crippen LogP contribution in [0.3, 0.4) is 0 Å². The van der Waals surface area contributed by atoms with Gasteiger partial charge in [-0.1, -0.05) is 11.6 Å². The van der Waals surface area contributed by atoms with E-state index in [4.69, 9.17) is 11.6 Å². The van der Waals surface area contributed by atoms with E-state index < -0.39 is 0 Å². The summed E-state index contributed by atoms with van der Waals surface area (Å²) in [7, 11) is 1.83. The number of amides is 1. The van der Waals surface area contributed by atoms with Gasteiger partial charge in [0.15, 0.2) is 5.65 Å². The van der Waals surface area contributed by atoms with Gasteiger partial charge in [0.25, 0.3) is 5.91 Å². The molecule has 0 aliphatic rings. The van der Waals surface area contributed by atoms with Gasteiger partial charge in [0.1, 0.15) is 5.69 Å². The minimum absolute atomic E-state index is 0.255. The Bertz CT molecular complexity index is 842. The molecule has 0 saturated carbocycles. The number of aromatic nitrogens is 4. The van der Waals surface area contributed by atoms with Gasteiger partial charge >= 0.3 is 0 Å². The Kier molecular flexibility index (Phi) is 3.31. The number of pyridine rings is 2. The van der Waals surface area contributed by atoms with Crippen molar-refractivity contribution in [3.8, 4) is 0 Å². The number of hydrogen-bond donors (Lipinski definition) is 1. The summed E-state index contributed by atoms with van der Waals surface area (Å²) in [6.45, 7) is 1.90. The molecule has 0 radical (unpaired) electrons. The number of nitrogens with zero attached hydrogens (tertiary/aromatic N) is 4. The van der Waals surface area contributed by atoms with Gasteiger partial charge in [-0.2, -0.15) is 5.10 Å². The van der Waals surface area contributed by atoms with Crippen molar-refractivity contribution in [2.45, 2.75) is 6.92 Å². The first-order chi connectivity index (χ1) is 10.0. The van der Waals surface area contributed by atoms with Crippen LogP contribution in [-0.4, -0.2) is 25.7 Å². The van der Waals surface area contributed by atoms with E-state index in [-0.39, 0.29) is 11.6 Å². The van der Waals surface area contributed by atoms with Crippen LogP contribution in [0.15, 0.2) is 30.6 Å². The zero-order valence-electron chi connectivity index (χ0n) is 11.5. The molecule has 7 heteroatoms. The maximum absolute atomic E-state index is 12.1. The van der Waals surface area contributed by atoms with Crippen LogP contribution in [0, 0.1) is 6.92 Å². The molecule has 106 valence electrons. The quantitative estimate of drug-likeness (QED) is 0.789. The van der Waals surface area contributed by atoms with Gasteiger partial charge in [0.05, 0.1) is 17.6 Å². The monoisotopic (exact) mass is 301 g/mol. The van der Waals surface area contributed by atoms with Crippen LogP contribution in [0.2, 0.25) is 5.02 Å². The highest BCUT2D eigenvalue weighted by molar-refractivity contribution is 6.30. The summed E-state index contributed by atoms with van der Waals surface area (Å²) in [6, 6.07) is 4.97. The van der Waals surface area contributed by atoms with Crippen LogP contribution in [0.5, 0.6) is 0 Å². The number of aryl methyl sites for hydroxylation is 2. The second kappa shape index (κ2) is 5.14. The molecule has 3 aromatic rings. The lowest BCUT2D eigenvalue weighted by molar-refractivity contribution is 0.102. The van der Waals surface area contributed by atoms with Crippen LogP contribution >= 0.6 is 11.6 Å². The van der Waals surface area contributed by atoms with Crippen LogP contribution in [0.25, 0.3) is 11.0 Å². The number of halogens is 1. The molecule has 0 aliphatic carbocycles. The van der Waals surface area contributed by atoms with Gasteiger partial charge < -0.3 is 5.32 Å². The van der Waals surface area contributed by atoms with Gasteiger partial charge in [-0.3, -0.25) is 14.5 Å². The summed E-state index contributed by atoms with van der Waals surface area (Å²) in [6.07, 6.45) is 3.08. The van der Waals surface area contributed by atoms with Crippen molar-refractivity contribution in [3.05, 3.63) is 47.0 Å². The lowest BCUT2D eigenvalue weighted by atomic mass is 10.2. The number of anilines is 1. The zero-order chi connectivity index (χ0) is 15.0. The Hall–Kier alpha value is -2.47. The fourth-order valence-electron chi connectivity index (χ4n) is 2.10. The first-order valence-corrected chi connectivity index (χ1v) is 6.64. The van der Waals surface area contributed by atoms with Gasteiger partial charge in [0.2, 0.25) is 0 Å². The number of carbonyl (C=O) groups is 1. The molecule has 3 heterocycles. The molecule has 21 heavy (non-hydrogen) atoms. The molecule has 0 unspecified atom stereocenters. The SMILES string of the molecule is Cc1nn(C)c2ncc(NC(=O)c3cc(Cl)ccn3)cc12. The second-order valence-electron chi connectivity index (χ2n) is 4.62. The normalized spacial score (nSPS) is 10.8. The Morgan fingerprint density at radius 2 is 2.14 bits per heavy atom. The third kappa shape index (κ3) is 2.57. The molecule has 0 aliphatic heterocycles. The molecule has 6 nitrogen and oxygen atoms in total. The highest BCUT2D eigenvalue weighted by Crippen LogP contribution is 2.19. The molecular formula is C14H12ClN5O. The van der Waals surface area contributed by atoms with E-state index in [0.29, 0.717) is 10.7 Å². The lowest BCUT2D eigenvalue weighted by Crippen LogP contribution is -2.13. The van der Waals surface area contributed by atoms with Gasteiger partial charge in [0, 0.05) is 23.7 Å². The van der Waals surface area contributed by atoms with E-state index in [0.717, 1.165) is 16.7 Å². The highest BCUT2D eigenvalue weighted by Gasteiger charge is 2.11. The third-order valence-corrected chi connectivity index (χ3v) is 3.31. The Labute approximate surface area is 125 Å². The lowest BCUT2D eigenvalue weighted by Gasteiger charge is -2.05. The average molecular weight is 302 g/mol.